The maximum absolute atomic E-state index is 13.5. The van der Waals surface area contributed by atoms with Gasteiger partial charge in [0.25, 0.3) is 0 Å². The van der Waals surface area contributed by atoms with Crippen LogP contribution in [0.15, 0.2) is 122 Å². The van der Waals surface area contributed by atoms with E-state index in [4.69, 9.17) is 0 Å². The maximum Gasteiger partial charge on any atom is 0.193 e. The predicted molar refractivity (Wildman–Crippen MR) is 152 cm³/mol. The van der Waals surface area contributed by atoms with Gasteiger partial charge < -0.3 is 9.80 Å². The second-order valence-corrected chi connectivity index (χ2v) is 9.55. The van der Waals surface area contributed by atoms with Crippen molar-refractivity contribution in [2.75, 3.05) is 18.6 Å². The fourth-order valence-electron chi connectivity index (χ4n) is 5.34. The van der Waals surface area contributed by atoms with Gasteiger partial charge in [-0.1, -0.05) is 60.7 Å². The number of carbonyl (C=O) groups excluding carboxylic acids is 1. The summed E-state index contributed by atoms with van der Waals surface area (Å²) >= 11 is 0. The third kappa shape index (κ3) is 3.58. The van der Waals surface area contributed by atoms with Crippen LogP contribution in [0, 0.1) is 0 Å². The maximum atomic E-state index is 13.5. The Morgan fingerprint density at radius 2 is 1.37 bits per heavy atom. The van der Waals surface area contributed by atoms with Gasteiger partial charge in [0.05, 0.1) is 23.4 Å². The molecule has 0 spiro atoms. The summed E-state index contributed by atoms with van der Waals surface area (Å²) in [5.74, 6) is 1.08. The third-order valence-electron chi connectivity index (χ3n) is 7.15. The van der Waals surface area contributed by atoms with Gasteiger partial charge in [-0.05, 0) is 42.5 Å². The molecule has 1 aliphatic rings. The summed E-state index contributed by atoms with van der Waals surface area (Å²) < 4.78 is 4.08. The Bertz CT molecular complexity index is 1790. The zero-order valence-corrected chi connectivity index (χ0v) is 20.9. The number of fused-ring (bicyclic) bond motifs is 3. The van der Waals surface area contributed by atoms with Crippen LogP contribution in [0.1, 0.15) is 15.9 Å². The van der Waals surface area contributed by atoms with Crippen molar-refractivity contribution >= 4 is 39.1 Å². The standard InChI is InChI=1S/C32H25N5O/c1-34-22-35(21-31(34)37-29-15-4-2-13-27(29)28-14-3-5-16-30(28)37)25-11-6-9-23(19-25)32(38)24-10-7-12-26(20-24)36-18-8-17-33-36/h2-21H,22H2,1H3. The third-order valence-corrected chi connectivity index (χ3v) is 7.15. The molecule has 184 valence electrons. The van der Waals surface area contributed by atoms with Crippen LogP contribution in [0.2, 0.25) is 0 Å². The highest BCUT2D eigenvalue weighted by Crippen LogP contribution is 2.35. The molecule has 0 amide bonds. The van der Waals surface area contributed by atoms with E-state index in [1.165, 1.54) is 21.8 Å². The number of anilines is 1. The Kier molecular flexibility index (Phi) is 5.11. The first-order chi connectivity index (χ1) is 18.7. The second kappa shape index (κ2) is 8.78. The molecule has 6 heteroatoms. The minimum atomic E-state index is -0.0139. The Morgan fingerprint density at radius 3 is 2.03 bits per heavy atom. The molecule has 0 saturated carbocycles. The Balaban J connectivity index is 1.25. The van der Waals surface area contributed by atoms with E-state index in [1.807, 2.05) is 54.7 Å². The quantitative estimate of drug-likeness (QED) is 0.261. The largest absolute Gasteiger partial charge is 0.341 e. The molecule has 0 bridgehead atoms. The highest BCUT2D eigenvalue weighted by Gasteiger charge is 2.24. The zero-order valence-electron chi connectivity index (χ0n) is 20.9. The van der Waals surface area contributed by atoms with Crippen molar-refractivity contribution in [2.45, 2.75) is 0 Å². The minimum absolute atomic E-state index is 0.0139. The fourth-order valence-corrected chi connectivity index (χ4v) is 5.34. The number of carbonyl (C=O) groups is 1. The molecule has 0 N–H and O–H groups in total. The van der Waals surface area contributed by atoms with E-state index in [0.717, 1.165) is 17.2 Å². The van der Waals surface area contributed by atoms with Gasteiger partial charge >= 0.3 is 0 Å². The van der Waals surface area contributed by atoms with Gasteiger partial charge in [0.2, 0.25) is 0 Å². The van der Waals surface area contributed by atoms with Gasteiger partial charge in [0.1, 0.15) is 5.82 Å². The molecule has 0 fully saturated rings. The lowest BCUT2D eigenvalue weighted by Crippen LogP contribution is -2.24. The topological polar surface area (TPSA) is 46.3 Å². The molecule has 0 saturated heterocycles. The number of nitrogens with zero attached hydrogens (tertiary/aromatic N) is 5. The van der Waals surface area contributed by atoms with Crippen molar-refractivity contribution in [3.8, 4) is 5.69 Å². The van der Waals surface area contributed by atoms with Crippen LogP contribution in [0.4, 0.5) is 5.69 Å². The van der Waals surface area contributed by atoms with Crippen LogP contribution in [-0.2, 0) is 0 Å². The normalized spacial score (nSPS) is 13.4. The van der Waals surface area contributed by atoms with Gasteiger partial charge in [-0.15, -0.1) is 0 Å². The van der Waals surface area contributed by atoms with Crippen molar-refractivity contribution in [1.29, 1.82) is 0 Å². The van der Waals surface area contributed by atoms with Crippen molar-refractivity contribution in [2.24, 2.45) is 0 Å². The molecule has 7 rings (SSSR count). The summed E-state index contributed by atoms with van der Waals surface area (Å²) in [6.07, 6.45) is 5.77. The van der Waals surface area contributed by atoms with E-state index in [0.29, 0.717) is 17.8 Å². The van der Waals surface area contributed by atoms with Crippen LogP contribution in [0.5, 0.6) is 0 Å². The van der Waals surface area contributed by atoms with Crippen LogP contribution in [0.25, 0.3) is 33.3 Å². The lowest BCUT2D eigenvalue weighted by Gasteiger charge is -2.20. The Morgan fingerprint density at radius 1 is 0.737 bits per heavy atom. The van der Waals surface area contributed by atoms with E-state index in [9.17, 15) is 4.79 Å². The summed E-state index contributed by atoms with van der Waals surface area (Å²) in [5.41, 5.74) is 5.47. The number of aromatic nitrogens is 3. The Labute approximate surface area is 220 Å². The number of ketones is 1. The second-order valence-electron chi connectivity index (χ2n) is 9.55. The van der Waals surface area contributed by atoms with Crippen molar-refractivity contribution in [3.05, 3.63) is 133 Å². The summed E-state index contributed by atoms with van der Waals surface area (Å²) in [6.45, 7) is 0.683. The molecule has 0 unspecified atom stereocenters. The summed E-state index contributed by atoms with van der Waals surface area (Å²) in [5, 5.41) is 6.76. The molecule has 0 aliphatic carbocycles. The van der Waals surface area contributed by atoms with Gasteiger partial charge in [-0.2, -0.15) is 5.10 Å². The molecule has 38 heavy (non-hydrogen) atoms. The molecular formula is C32H25N5O. The molecule has 6 aromatic rings. The monoisotopic (exact) mass is 495 g/mol. The molecule has 2 aromatic heterocycles. The Hall–Kier alpha value is -5.10. The summed E-state index contributed by atoms with van der Waals surface area (Å²) in [7, 11) is 2.10. The average Bonchev–Trinajstić information content (AvgIpc) is 3.71. The van der Waals surface area contributed by atoms with Crippen molar-refractivity contribution in [1.82, 2.24) is 19.2 Å². The van der Waals surface area contributed by atoms with Crippen LogP contribution >= 0.6 is 0 Å². The first-order valence-electron chi connectivity index (χ1n) is 12.6. The number of benzene rings is 4. The molecule has 1 aliphatic heterocycles. The number of hydrogen-bond acceptors (Lipinski definition) is 4. The van der Waals surface area contributed by atoms with E-state index < -0.39 is 0 Å². The molecule has 0 radical (unpaired) electrons. The SMILES string of the molecule is CN1CN(c2cccc(C(=O)c3cccc(-n4cccn4)c3)c2)C=C1n1c2ccccc2c2ccccc21. The molecule has 4 aromatic carbocycles. The van der Waals surface area contributed by atoms with Crippen molar-refractivity contribution < 1.29 is 4.79 Å². The van der Waals surface area contributed by atoms with Gasteiger partial charge in [-0.3, -0.25) is 9.36 Å². The van der Waals surface area contributed by atoms with E-state index in [2.05, 4.69) is 87.3 Å². The van der Waals surface area contributed by atoms with Crippen LogP contribution in [-0.4, -0.2) is 38.7 Å². The average molecular weight is 496 g/mol. The van der Waals surface area contributed by atoms with E-state index in [1.54, 1.807) is 10.9 Å². The lowest BCUT2D eigenvalue weighted by atomic mass is 10.0. The van der Waals surface area contributed by atoms with Gasteiger partial charge in [0, 0.05) is 53.2 Å². The van der Waals surface area contributed by atoms with Crippen molar-refractivity contribution in [3.63, 3.8) is 0 Å². The van der Waals surface area contributed by atoms with Gasteiger partial charge in [0.15, 0.2) is 5.78 Å². The van der Waals surface area contributed by atoms with E-state index >= 15 is 0 Å². The molecule has 6 nitrogen and oxygen atoms in total. The highest BCUT2D eigenvalue weighted by atomic mass is 16.1. The number of para-hydroxylation sites is 2. The fraction of sp³-hybridized carbons (Fsp3) is 0.0625. The smallest absolute Gasteiger partial charge is 0.193 e. The van der Waals surface area contributed by atoms with E-state index in [-0.39, 0.29) is 5.78 Å². The number of hydrogen-bond donors (Lipinski definition) is 0. The van der Waals surface area contributed by atoms with Crippen LogP contribution < -0.4 is 4.90 Å². The molecular weight excluding hydrogens is 470 g/mol. The number of rotatable bonds is 5. The minimum Gasteiger partial charge on any atom is -0.341 e. The summed E-state index contributed by atoms with van der Waals surface area (Å²) in [6, 6.07) is 34.3. The van der Waals surface area contributed by atoms with Crippen LogP contribution in [0.3, 0.4) is 0 Å². The van der Waals surface area contributed by atoms with Gasteiger partial charge in [-0.25, -0.2) is 4.68 Å². The highest BCUT2D eigenvalue weighted by molar-refractivity contribution is 6.10. The first kappa shape index (κ1) is 22.1. The summed E-state index contributed by atoms with van der Waals surface area (Å²) in [4.78, 5) is 17.9. The first-order valence-corrected chi connectivity index (χ1v) is 12.6. The molecule has 3 heterocycles. The lowest BCUT2D eigenvalue weighted by molar-refractivity contribution is 0.103. The predicted octanol–water partition coefficient (Wildman–Crippen LogP) is 6.38. The molecule has 0 atom stereocenters. The zero-order chi connectivity index (χ0) is 25.6.